The Hall–Kier alpha value is -3.27. The van der Waals surface area contributed by atoms with Crippen LogP contribution in [0.4, 0.5) is 11.4 Å². The highest BCUT2D eigenvalue weighted by atomic mass is 32.2. The van der Waals surface area contributed by atoms with Gasteiger partial charge in [-0.2, -0.15) is 0 Å². The number of imidazole rings is 1. The zero-order valence-electron chi connectivity index (χ0n) is 15.9. The van der Waals surface area contributed by atoms with Gasteiger partial charge in [-0.25, -0.2) is 4.98 Å². The molecular formula is C19H20N4O5S. The van der Waals surface area contributed by atoms with Crippen molar-refractivity contribution in [2.75, 3.05) is 24.3 Å². The van der Waals surface area contributed by atoms with Crippen molar-refractivity contribution in [2.45, 2.75) is 19.0 Å². The van der Waals surface area contributed by atoms with E-state index in [0.29, 0.717) is 24.1 Å². The van der Waals surface area contributed by atoms with Gasteiger partial charge in [0.1, 0.15) is 17.2 Å². The van der Waals surface area contributed by atoms with Crippen LogP contribution in [0.1, 0.15) is 13.8 Å². The van der Waals surface area contributed by atoms with Gasteiger partial charge < -0.3 is 19.8 Å². The lowest BCUT2D eigenvalue weighted by Crippen LogP contribution is -2.15. The highest BCUT2D eigenvalue weighted by Gasteiger charge is 2.18. The normalized spacial score (nSPS) is 10.7. The summed E-state index contributed by atoms with van der Waals surface area (Å²) in [4.78, 5) is 30.6. The molecule has 0 saturated heterocycles. The van der Waals surface area contributed by atoms with E-state index in [9.17, 15) is 14.9 Å². The molecule has 0 aliphatic rings. The summed E-state index contributed by atoms with van der Waals surface area (Å²) in [5.74, 6) is 0.779. The van der Waals surface area contributed by atoms with Gasteiger partial charge in [0, 0.05) is 6.07 Å². The molecule has 0 spiro atoms. The Balaban J connectivity index is 1.65. The number of benzene rings is 2. The number of anilines is 1. The topological polar surface area (TPSA) is 119 Å². The van der Waals surface area contributed by atoms with Gasteiger partial charge >= 0.3 is 0 Å². The molecule has 0 fully saturated rings. The molecular weight excluding hydrogens is 396 g/mol. The summed E-state index contributed by atoms with van der Waals surface area (Å²) in [5.41, 5.74) is 1.47. The second-order valence-corrected chi connectivity index (χ2v) is 6.82. The van der Waals surface area contributed by atoms with Crippen molar-refractivity contribution in [3.05, 3.63) is 46.5 Å². The maximum absolute atomic E-state index is 12.3. The van der Waals surface area contributed by atoms with Crippen LogP contribution in [0.3, 0.4) is 0 Å². The number of amides is 1. The first kappa shape index (κ1) is 20.5. The average molecular weight is 416 g/mol. The third-order valence-corrected chi connectivity index (χ3v) is 4.71. The number of thioether (sulfide) groups is 1. The van der Waals surface area contributed by atoms with Crippen LogP contribution in [0.2, 0.25) is 0 Å². The van der Waals surface area contributed by atoms with Gasteiger partial charge in [0.05, 0.1) is 41.0 Å². The Morgan fingerprint density at radius 2 is 1.86 bits per heavy atom. The zero-order valence-corrected chi connectivity index (χ0v) is 16.7. The number of nitrogens with zero attached hydrogens (tertiary/aromatic N) is 2. The van der Waals surface area contributed by atoms with Crippen LogP contribution in [0.15, 0.2) is 41.6 Å². The highest BCUT2D eigenvalue weighted by molar-refractivity contribution is 7.99. The number of ether oxygens (including phenoxy) is 2. The van der Waals surface area contributed by atoms with E-state index >= 15 is 0 Å². The number of nitro benzene ring substituents is 1. The van der Waals surface area contributed by atoms with Crippen molar-refractivity contribution in [2.24, 2.45) is 0 Å². The van der Waals surface area contributed by atoms with Crippen molar-refractivity contribution in [1.29, 1.82) is 0 Å². The van der Waals surface area contributed by atoms with Crippen LogP contribution >= 0.6 is 11.8 Å². The van der Waals surface area contributed by atoms with E-state index in [1.807, 2.05) is 25.1 Å². The third-order valence-electron chi connectivity index (χ3n) is 3.83. The van der Waals surface area contributed by atoms with Crippen LogP contribution in [0.5, 0.6) is 11.5 Å². The minimum atomic E-state index is -0.555. The Morgan fingerprint density at radius 1 is 1.17 bits per heavy atom. The number of fused-ring (bicyclic) bond motifs is 1. The predicted octanol–water partition coefficient (Wildman–Crippen LogP) is 4.00. The number of carbonyl (C=O) groups is 1. The Kier molecular flexibility index (Phi) is 6.55. The lowest BCUT2D eigenvalue weighted by atomic mass is 10.2. The Morgan fingerprint density at radius 3 is 2.55 bits per heavy atom. The molecule has 1 amide bonds. The van der Waals surface area contributed by atoms with Crippen molar-refractivity contribution in [3.63, 3.8) is 0 Å². The van der Waals surface area contributed by atoms with Crippen LogP contribution in [-0.4, -0.2) is 39.8 Å². The maximum Gasteiger partial charge on any atom is 0.296 e. The first-order chi connectivity index (χ1) is 14.0. The van der Waals surface area contributed by atoms with E-state index in [0.717, 1.165) is 16.8 Å². The number of hydrogen-bond acceptors (Lipinski definition) is 7. The van der Waals surface area contributed by atoms with Gasteiger partial charge in [-0.15, -0.1) is 0 Å². The summed E-state index contributed by atoms with van der Waals surface area (Å²) >= 11 is 1.20. The van der Waals surface area contributed by atoms with E-state index in [1.165, 1.54) is 23.9 Å². The van der Waals surface area contributed by atoms with E-state index in [-0.39, 0.29) is 23.0 Å². The molecule has 0 aliphatic heterocycles. The monoisotopic (exact) mass is 416 g/mol. The summed E-state index contributed by atoms with van der Waals surface area (Å²) in [5, 5.41) is 14.4. The smallest absolute Gasteiger partial charge is 0.296 e. The van der Waals surface area contributed by atoms with Gasteiger partial charge in [0.25, 0.3) is 5.69 Å². The number of hydrogen-bond donors (Lipinski definition) is 2. The van der Waals surface area contributed by atoms with E-state index in [2.05, 4.69) is 15.3 Å². The quantitative estimate of drug-likeness (QED) is 0.307. The second-order valence-electron chi connectivity index (χ2n) is 5.86. The van der Waals surface area contributed by atoms with E-state index < -0.39 is 4.92 Å². The zero-order chi connectivity index (χ0) is 20.8. The Labute approximate surface area is 171 Å². The summed E-state index contributed by atoms with van der Waals surface area (Å²) in [6, 6.07) is 9.85. The number of nitrogens with one attached hydrogen (secondary N) is 2. The summed E-state index contributed by atoms with van der Waals surface area (Å²) in [6.07, 6.45) is 0. The highest BCUT2D eigenvalue weighted by Crippen LogP contribution is 2.29. The molecule has 0 unspecified atom stereocenters. The molecule has 1 heterocycles. The molecule has 2 aromatic carbocycles. The molecule has 29 heavy (non-hydrogen) atoms. The largest absolute Gasteiger partial charge is 0.494 e. The van der Waals surface area contributed by atoms with Crippen molar-refractivity contribution in [3.8, 4) is 11.5 Å². The number of aromatic amines is 1. The Bertz CT molecular complexity index is 1040. The summed E-state index contributed by atoms with van der Waals surface area (Å²) in [7, 11) is 0. The molecule has 9 nitrogen and oxygen atoms in total. The first-order valence-electron chi connectivity index (χ1n) is 8.96. The fourth-order valence-electron chi connectivity index (χ4n) is 2.63. The average Bonchev–Trinajstić information content (AvgIpc) is 3.10. The van der Waals surface area contributed by atoms with Crippen LogP contribution in [-0.2, 0) is 4.79 Å². The second kappa shape index (κ2) is 9.28. The van der Waals surface area contributed by atoms with E-state index in [1.54, 1.807) is 13.0 Å². The molecule has 0 bridgehead atoms. The molecule has 3 aromatic rings. The number of rotatable bonds is 9. The fraction of sp³-hybridized carbons (Fsp3) is 0.263. The molecule has 0 aliphatic carbocycles. The molecule has 1 aromatic heterocycles. The summed E-state index contributed by atoms with van der Waals surface area (Å²) in [6.45, 7) is 4.66. The SMILES string of the molecule is CCOc1ccc(NC(=O)CSc2nc3ccc(OCC)cc3[nH]2)c([N+](=O)[O-])c1. The van der Waals surface area contributed by atoms with Gasteiger partial charge in [0.15, 0.2) is 5.16 Å². The van der Waals surface area contributed by atoms with E-state index in [4.69, 9.17) is 9.47 Å². The minimum absolute atomic E-state index is 0.0442. The standard InChI is InChI=1S/C19H20N4O5S/c1-3-27-12-5-7-14-16(9-12)22-19(21-14)29-11-18(24)20-15-8-6-13(28-4-2)10-17(15)23(25)26/h5-10H,3-4,11H2,1-2H3,(H,20,24)(H,21,22). The molecule has 152 valence electrons. The lowest BCUT2D eigenvalue weighted by Gasteiger charge is -2.08. The number of H-pyrrole nitrogens is 1. The summed E-state index contributed by atoms with van der Waals surface area (Å²) < 4.78 is 10.7. The fourth-order valence-corrected chi connectivity index (χ4v) is 3.32. The number of carbonyl (C=O) groups excluding carboxylic acids is 1. The van der Waals surface area contributed by atoms with Crippen molar-refractivity contribution < 1.29 is 19.2 Å². The first-order valence-corrected chi connectivity index (χ1v) is 9.95. The number of nitro groups is 1. The van der Waals surface area contributed by atoms with Crippen LogP contribution < -0.4 is 14.8 Å². The van der Waals surface area contributed by atoms with Gasteiger partial charge in [0.2, 0.25) is 5.91 Å². The number of aromatic nitrogens is 2. The molecule has 2 N–H and O–H groups in total. The minimum Gasteiger partial charge on any atom is -0.494 e. The molecule has 0 radical (unpaired) electrons. The maximum atomic E-state index is 12.3. The van der Waals surface area contributed by atoms with Gasteiger partial charge in [-0.1, -0.05) is 11.8 Å². The van der Waals surface area contributed by atoms with Gasteiger partial charge in [-0.3, -0.25) is 14.9 Å². The van der Waals surface area contributed by atoms with Crippen molar-refractivity contribution in [1.82, 2.24) is 9.97 Å². The molecule has 0 atom stereocenters. The van der Waals surface area contributed by atoms with Gasteiger partial charge in [-0.05, 0) is 38.1 Å². The van der Waals surface area contributed by atoms with Crippen molar-refractivity contribution >= 4 is 40.1 Å². The predicted molar refractivity (Wildman–Crippen MR) is 111 cm³/mol. The third kappa shape index (κ3) is 5.17. The molecule has 0 saturated carbocycles. The molecule has 10 heteroatoms. The van der Waals surface area contributed by atoms with Crippen LogP contribution in [0.25, 0.3) is 11.0 Å². The lowest BCUT2D eigenvalue weighted by molar-refractivity contribution is -0.384. The molecule has 3 rings (SSSR count). The van der Waals surface area contributed by atoms with Crippen LogP contribution in [0, 0.1) is 10.1 Å².